The minimum Gasteiger partial charge on any atom is -0.462 e. The molecule has 1 aromatic heterocycles. The fourth-order valence-corrected chi connectivity index (χ4v) is 3.28. The highest BCUT2D eigenvalue weighted by Crippen LogP contribution is 2.36. The van der Waals surface area contributed by atoms with Gasteiger partial charge in [0, 0.05) is 43.0 Å². The highest BCUT2D eigenvalue weighted by Gasteiger charge is 2.33. The highest BCUT2D eigenvalue weighted by atomic mass is 35.5. The molecule has 0 aliphatic heterocycles. The molecule has 1 aliphatic carbocycles. The molecule has 0 bridgehead atoms. The summed E-state index contributed by atoms with van der Waals surface area (Å²) in [6.07, 6.45) is 0.582. The number of hydrogen-bond acceptors (Lipinski definition) is 4. The van der Waals surface area contributed by atoms with E-state index in [0.717, 1.165) is 12.1 Å². The van der Waals surface area contributed by atoms with Crippen LogP contribution in [0, 0.1) is 5.92 Å². The van der Waals surface area contributed by atoms with Crippen molar-refractivity contribution in [3.05, 3.63) is 76.4 Å². The summed E-state index contributed by atoms with van der Waals surface area (Å²) < 4.78 is 44.8. The number of alkyl halides is 3. The van der Waals surface area contributed by atoms with E-state index in [1.54, 1.807) is 18.2 Å². The fourth-order valence-electron chi connectivity index (χ4n) is 3.06. The minimum atomic E-state index is -4.64. The van der Waals surface area contributed by atoms with Crippen molar-refractivity contribution >= 4 is 29.2 Å². The summed E-state index contributed by atoms with van der Waals surface area (Å²) in [6, 6.07) is 5.56. The smallest absolute Gasteiger partial charge is 0.417 e. The van der Waals surface area contributed by atoms with Crippen molar-refractivity contribution in [2.45, 2.75) is 19.5 Å². The summed E-state index contributed by atoms with van der Waals surface area (Å²) in [6.45, 7) is 1.86. The number of pyridine rings is 1. The van der Waals surface area contributed by atoms with Crippen LogP contribution in [0.5, 0.6) is 5.75 Å². The van der Waals surface area contributed by atoms with E-state index in [9.17, 15) is 22.8 Å². The first-order valence-corrected chi connectivity index (χ1v) is 10.2. The predicted octanol–water partition coefficient (Wildman–Crippen LogP) is 5.12. The topological polar surface area (TPSA) is 92.4 Å². The van der Waals surface area contributed by atoms with Gasteiger partial charge in [-0.3, -0.25) is 9.78 Å². The number of urea groups is 1. The van der Waals surface area contributed by atoms with Crippen LogP contribution < -0.4 is 20.7 Å². The molecule has 0 saturated heterocycles. The lowest BCUT2D eigenvalue weighted by Gasteiger charge is -2.22. The van der Waals surface area contributed by atoms with Crippen molar-refractivity contribution in [3.63, 3.8) is 0 Å². The molecular formula is C22H20ClF3N4O3. The Kier molecular flexibility index (Phi) is 7.27. The maximum atomic E-state index is 13.0. The van der Waals surface area contributed by atoms with Gasteiger partial charge in [-0.15, -0.1) is 0 Å². The van der Waals surface area contributed by atoms with Crippen molar-refractivity contribution in [2.24, 2.45) is 5.92 Å². The maximum absolute atomic E-state index is 13.0. The molecule has 1 unspecified atom stereocenters. The van der Waals surface area contributed by atoms with Gasteiger partial charge in [0.25, 0.3) is 5.91 Å². The molecule has 1 heterocycles. The predicted molar refractivity (Wildman–Crippen MR) is 117 cm³/mol. The number of halogens is 4. The Hall–Kier alpha value is -3.53. The molecular weight excluding hydrogens is 461 g/mol. The number of nitrogens with zero attached hydrogens (tertiary/aromatic N) is 1. The van der Waals surface area contributed by atoms with E-state index in [1.165, 1.54) is 25.4 Å². The molecule has 0 saturated carbocycles. The Morgan fingerprint density at radius 2 is 1.91 bits per heavy atom. The van der Waals surface area contributed by atoms with Gasteiger partial charge in [0.1, 0.15) is 17.2 Å². The Bertz CT molecular complexity index is 1130. The van der Waals surface area contributed by atoms with Crippen molar-refractivity contribution in [1.82, 2.24) is 15.6 Å². The van der Waals surface area contributed by atoms with Crippen LogP contribution in [0.25, 0.3) is 0 Å². The van der Waals surface area contributed by atoms with E-state index in [4.69, 9.17) is 16.3 Å². The molecule has 33 heavy (non-hydrogen) atoms. The number of aromatic nitrogens is 1. The second kappa shape index (κ2) is 9.95. The van der Waals surface area contributed by atoms with E-state index in [-0.39, 0.29) is 23.2 Å². The molecule has 1 aromatic carbocycles. The summed E-state index contributed by atoms with van der Waals surface area (Å²) in [5.41, 5.74) is -0.305. The first kappa shape index (κ1) is 24.1. The van der Waals surface area contributed by atoms with Gasteiger partial charge in [-0.2, -0.15) is 13.2 Å². The van der Waals surface area contributed by atoms with Gasteiger partial charge in [-0.1, -0.05) is 18.5 Å². The van der Waals surface area contributed by atoms with Crippen molar-refractivity contribution < 1.29 is 27.5 Å². The lowest BCUT2D eigenvalue weighted by molar-refractivity contribution is -0.137. The zero-order chi connectivity index (χ0) is 24.2. The van der Waals surface area contributed by atoms with Gasteiger partial charge in [0.2, 0.25) is 0 Å². The van der Waals surface area contributed by atoms with Crippen LogP contribution in [0.2, 0.25) is 5.02 Å². The highest BCUT2D eigenvalue weighted by molar-refractivity contribution is 6.31. The average molecular weight is 481 g/mol. The first-order valence-electron chi connectivity index (χ1n) is 9.78. The molecule has 3 N–H and O–H groups in total. The number of hydrogen-bond donors (Lipinski definition) is 3. The van der Waals surface area contributed by atoms with Crippen LogP contribution >= 0.6 is 11.6 Å². The standard InChI is InChI=1S/C22H20ClF3N4O3/c1-12-9-14(33-15-7-8-28-19(11-15)20(31)27-2)4-6-18(12)30-21(32)29-13-3-5-17(23)16(10-13)22(24,25)26/h3-8,10-12H,9H2,1-2H3,(H,27,31)(H2,29,30,32). The molecule has 3 rings (SSSR count). The van der Waals surface area contributed by atoms with Crippen LogP contribution in [0.3, 0.4) is 0 Å². The van der Waals surface area contributed by atoms with Crippen molar-refractivity contribution in [2.75, 3.05) is 12.4 Å². The van der Waals surface area contributed by atoms with Gasteiger partial charge in [0.05, 0.1) is 10.6 Å². The number of nitrogens with one attached hydrogen (secondary N) is 3. The molecule has 1 aliphatic rings. The lowest BCUT2D eigenvalue weighted by Crippen LogP contribution is -2.31. The molecule has 0 radical (unpaired) electrons. The molecule has 1 atom stereocenters. The van der Waals surface area contributed by atoms with Gasteiger partial charge in [-0.05, 0) is 36.4 Å². The number of ether oxygens (including phenoxy) is 1. The number of benzene rings is 1. The van der Waals surface area contributed by atoms with E-state index < -0.39 is 22.8 Å². The summed E-state index contributed by atoms with van der Waals surface area (Å²) >= 11 is 5.60. The quantitative estimate of drug-likeness (QED) is 0.553. The van der Waals surface area contributed by atoms with Crippen molar-refractivity contribution in [3.8, 4) is 5.75 Å². The number of rotatable bonds is 5. The molecule has 7 nitrogen and oxygen atoms in total. The Balaban J connectivity index is 1.66. The SMILES string of the molecule is CNC(=O)c1cc(OC2=CC=C(NC(=O)Nc3ccc(Cl)c(C(F)(F)F)c3)C(C)C2)ccn1. The number of anilines is 1. The van der Waals surface area contributed by atoms with Crippen LogP contribution in [-0.2, 0) is 6.18 Å². The number of amides is 3. The average Bonchev–Trinajstić information content (AvgIpc) is 2.76. The Morgan fingerprint density at radius 3 is 2.58 bits per heavy atom. The normalized spacial score (nSPS) is 15.8. The van der Waals surface area contributed by atoms with Gasteiger partial charge >= 0.3 is 12.2 Å². The number of carbonyl (C=O) groups is 2. The van der Waals surface area contributed by atoms with Gasteiger partial charge in [-0.25, -0.2) is 4.79 Å². The Labute approximate surface area is 192 Å². The third-order valence-electron chi connectivity index (χ3n) is 4.71. The number of carbonyl (C=O) groups excluding carboxylic acids is 2. The molecule has 0 spiro atoms. The summed E-state index contributed by atoms with van der Waals surface area (Å²) in [5, 5.41) is 7.05. The number of allylic oxidation sites excluding steroid dienone is 4. The second-order valence-corrected chi connectivity index (χ2v) is 7.60. The van der Waals surface area contributed by atoms with E-state index in [1.807, 2.05) is 6.92 Å². The second-order valence-electron chi connectivity index (χ2n) is 7.19. The fraction of sp³-hybridized carbons (Fsp3) is 0.227. The third-order valence-corrected chi connectivity index (χ3v) is 5.04. The maximum Gasteiger partial charge on any atom is 0.417 e. The zero-order valence-electron chi connectivity index (χ0n) is 17.6. The third kappa shape index (κ3) is 6.26. The monoisotopic (exact) mass is 480 g/mol. The summed E-state index contributed by atoms with van der Waals surface area (Å²) in [4.78, 5) is 28.0. The summed E-state index contributed by atoms with van der Waals surface area (Å²) in [5.74, 6) is 0.557. The van der Waals surface area contributed by atoms with Gasteiger partial charge in [0.15, 0.2) is 0 Å². The lowest BCUT2D eigenvalue weighted by atomic mass is 9.97. The van der Waals surface area contributed by atoms with Crippen molar-refractivity contribution in [1.29, 1.82) is 0 Å². The largest absolute Gasteiger partial charge is 0.462 e. The van der Waals surface area contributed by atoms with Crippen LogP contribution in [-0.4, -0.2) is 24.0 Å². The summed E-state index contributed by atoms with van der Waals surface area (Å²) in [7, 11) is 1.50. The van der Waals surface area contributed by atoms with E-state index >= 15 is 0 Å². The van der Waals surface area contributed by atoms with Crippen LogP contribution in [0.4, 0.5) is 23.7 Å². The molecule has 2 aromatic rings. The zero-order valence-corrected chi connectivity index (χ0v) is 18.3. The molecule has 0 fully saturated rings. The first-order chi connectivity index (χ1) is 15.6. The van der Waals surface area contributed by atoms with Crippen LogP contribution in [0.1, 0.15) is 29.4 Å². The van der Waals surface area contributed by atoms with E-state index in [0.29, 0.717) is 23.6 Å². The molecule has 174 valence electrons. The molecule has 11 heteroatoms. The van der Waals surface area contributed by atoms with Gasteiger partial charge < -0.3 is 20.7 Å². The van der Waals surface area contributed by atoms with Crippen LogP contribution in [0.15, 0.2) is 60.1 Å². The van der Waals surface area contributed by atoms with E-state index in [2.05, 4.69) is 20.9 Å². The Morgan fingerprint density at radius 1 is 1.15 bits per heavy atom. The minimum absolute atomic E-state index is 0.0440. The molecule has 3 amide bonds.